The van der Waals surface area contributed by atoms with E-state index >= 15 is 0 Å². The highest BCUT2D eigenvalue weighted by atomic mass is 32.2. The third-order valence-electron chi connectivity index (χ3n) is 4.03. The van der Waals surface area contributed by atoms with Gasteiger partial charge in [0.15, 0.2) is 17.5 Å². The van der Waals surface area contributed by atoms with Crippen LogP contribution in [-0.2, 0) is 0 Å². The summed E-state index contributed by atoms with van der Waals surface area (Å²) in [6, 6.07) is 28.3. The van der Waals surface area contributed by atoms with Crippen LogP contribution >= 0.6 is 11.8 Å². The summed E-state index contributed by atoms with van der Waals surface area (Å²) in [5.41, 5.74) is 2.96. The second-order valence-corrected chi connectivity index (χ2v) is 6.65. The van der Waals surface area contributed by atoms with Crippen LogP contribution in [0, 0.1) is 0 Å². The average molecular weight is 355 g/mol. The molecule has 4 rings (SSSR count). The molecule has 0 spiro atoms. The molecule has 4 aromatic rings. The summed E-state index contributed by atoms with van der Waals surface area (Å²) in [6.07, 6.45) is 2.07. The maximum Gasteiger partial charge on any atom is 0.164 e. The van der Waals surface area contributed by atoms with Gasteiger partial charge in [-0.05, 0) is 18.4 Å². The molecular formula is C22H17N3S. The van der Waals surface area contributed by atoms with Crippen molar-refractivity contribution in [2.45, 2.75) is 4.90 Å². The molecule has 0 amide bonds. The van der Waals surface area contributed by atoms with E-state index in [1.165, 1.54) is 4.90 Å². The second-order valence-electron chi connectivity index (χ2n) is 5.77. The number of thioether (sulfide) groups is 1. The van der Waals surface area contributed by atoms with Gasteiger partial charge in [-0.2, -0.15) is 0 Å². The molecule has 1 aromatic heterocycles. The Labute approximate surface area is 157 Å². The number of rotatable bonds is 4. The fourth-order valence-electron chi connectivity index (χ4n) is 2.70. The van der Waals surface area contributed by atoms with Crippen molar-refractivity contribution in [1.82, 2.24) is 15.0 Å². The van der Waals surface area contributed by atoms with Crippen molar-refractivity contribution in [3.05, 3.63) is 84.9 Å². The summed E-state index contributed by atoms with van der Waals surface area (Å²) in [5.74, 6) is 2.06. The molecule has 1 heterocycles. The molecule has 3 aromatic carbocycles. The van der Waals surface area contributed by atoms with E-state index in [0.717, 1.165) is 16.7 Å². The summed E-state index contributed by atoms with van der Waals surface area (Å²) in [5, 5.41) is 0. The first-order valence-corrected chi connectivity index (χ1v) is 9.57. The van der Waals surface area contributed by atoms with E-state index in [4.69, 9.17) is 15.0 Å². The van der Waals surface area contributed by atoms with Gasteiger partial charge >= 0.3 is 0 Å². The number of nitrogens with zero attached hydrogens (tertiary/aromatic N) is 3. The third-order valence-corrected chi connectivity index (χ3v) is 4.75. The van der Waals surface area contributed by atoms with Gasteiger partial charge in [-0.25, -0.2) is 15.0 Å². The first-order chi connectivity index (χ1) is 12.8. The Balaban J connectivity index is 1.90. The Morgan fingerprint density at radius 3 is 1.50 bits per heavy atom. The van der Waals surface area contributed by atoms with Crippen molar-refractivity contribution in [2.75, 3.05) is 6.26 Å². The number of hydrogen-bond donors (Lipinski definition) is 0. The summed E-state index contributed by atoms with van der Waals surface area (Å²) in [7, 11) is 0. The van der Waals surface area contributed by atoms with Crippen LogP contribution in [0.15, 0.2) is 89.8 Å². The highest BCUT2D eigenvalue weighted by Crippen LogP contribution is 2.26. The van der Waals surface area contributed by atoms with Gasteiger partial charge in [-0.3, -0.25) is 0 Å². The summed E-state index contributed by atoms with van der Waals surface area (Å²) >= 11 is 1.71. The monoisotopic (exact) mass is 355 g/mol. The zero-order valence-electron chi connectivity index (χ0n) is 14.3. The zero-order chi connectivity index (χ0) is 17.8. The Morgan fingerprint density at radius 2 is 1.00 bits per heavy atom. The molecule has 0 aliphatic heterocycles. The van der Waals surface area contributed by atoms with Gasteiger partial charge in [0.25, 0.3) is 0 Å². The molecular weight excluding hydrogens is 338 g/mol. The second kappa shape index (κ2) is 7.50. The SMILES string of the molecule is CSc1cccc(-c2nc(-c3ccccc3)nc(-c3ccccc3)n2)c1. The van der Waals surface area contributed by atoms with Crippen LogP contribution in [0.3, 0.4) is 0 Å². The van der Waals surface area contributed by atoms with E-state index in [0.29, 0.717) is 17.5 Å². The van der Waals surface area contributed by atoms with Gasteiger partial charge in [0, 0.05) is 21.6 Å². The minimum atomic E-state index is 0.684. The lowest BCUT2D eigenvalue weighted by Gasteiger charge is -2.08. The highest BCUT2D eigenvalue weighted by Gasteiger charge is 2.12. The standard InChI is InChI=1S/C22H17N3S/c1-26-19-14-8-13-18(15-19)22-24-20(16-9-4-2-5-10-16)23-21(25-22)17-11-6-3-7-12-17/h2-15H,1H3. The average Bonchev–Trinajstić information content (AvgIpc) is 2.75. The van der Waals surface area contributed by atoms with Crippen molar-refractivity contribution in [3.8, 4) is 34.2 Å². The first kappa shape index (κ1) is 16.5. The third kappa shape index (κ3) is 3.51. The van der Waals surface area contributed by atoms with Crippen LogP contribution in [0.25, 0.3) is 34.2 Å². The van der Waals surface area contributed by atoms with Crippen LogP contribution in [0.1, 0.15) is 0 Å². The quantitative estimate of drug-likeness (QED) is 0.447. The lowest BCUT2D eigenvalue weighted by Crippen LogP contribution is -2.00. The molecule has 0 radical (unpaired) electrons. The molecule has 126 valence electrons. The Bertz CT molecular complexity index is 960. The van der Waals surface area contributed by atoms with E-state index < -0.39 is 0 Å². The smallest absolute Gasteiger partial charge is 0.164 e. The Morgan fingerprint density at radius 1 is 0.538 bits per heavy atom. The lowest BCUT2D eigenvalue weighted by molar-refractivity contribution is 1.07. The molecule has 26 heavy (non-hydrogen) atoms. The number of hydrogen-bond acceptors (Lipinski definition) is 4. The lowest BCUT2D eigenvalue weighted by atomic mass is 10.1. The van der Waals surface area contributed by atoms with Crippen molar-refractivity contribution in [2.24, 2.45) is 0 Å². The first-order valence-electron chi connectivity index (χ1n) is 8.35. The van der Waals surface area contributed by atoms with Crippen LogP contribution in [0.5, 0.6) is 0 Å². The minimum absolute atomic E-state index is 0.684. The molecule has 0 saturated heterocycles. The molecule has 0 fully saturated rings. The predicted molar refractivity (Wildman–Crippen MR) is 108 cm³/mol. The molecule has 0 N–H and O–H groups in total. The van der Waals surface area contributed by atoms with Gasteiger partial charge in [-0.1, -0.05) is 72.8 Å². The van der Waals surface area contributed by atoms with Crippen molar-refractivity contribution in [1.29, 1.82) is 0 Å². The fourth-order valence-corrected chi connectivity index (χ4v) is 3.16. The Kier molecular flexibility index (Phi) is 4.75. The van der Waals surface area contributed by atoms with Crippen molar-refractivity contribution < 1.29 is 0 Å². The van der Waals surface area contributed by atoms with E-state index in [9.17, 15) is 0 Å². The number of benzene rings is 3. The normalized spacial score (nSPS) is 10.7. The maximum atomic E-state index is 4.74. The van der Waals surface area contributed by atoms with E-state index in [-0.39, 0.29) is 0 Å². The molecule has 0 atom stereocenters. The zero-order valence-corrected chi connectivity index (χ0v) is 15.1. The molecule has 0 saturated carbocycles. The van der Waals surface area contributed by atoms with Gasteiger partial charge in [0.05, 0.1) is 0 Å². The maximum absolute atomic E-state index is 4.74. The highest BCUT2D eigenvalue weighted by molar-refractivity contribution is 7.98. The van der Waals surface area contributed by atoms with Crippen LogP contribution in [0.2, 0.25) is 0 Å². The van der Waals surface area contributed by atoms with E-state index in [1.54, 1.807) is 11.8 Å². The summed E-state index contributed by atoms with van der Waals surface area (Å²) < 4.78 is 0. The van der Waals surface area contributed by atoms with Gasteiger partial charge in [0.2, 0.25) is 0 Å². The van der Waals surface area contributed by atoms with Gasteiger partial charge in [0.1, 0.15) is 0 Å². The predicted octanol–water partition coefficient (Wildman–Crippen LogP) is 5.59. The topological polar surface area (TPSA) is 38.7 Å². The molecule has 0 aliphatic rings. The fraction of sp³-hybridized carbons (Fsp3) is 0.0455. The molecule has 0 aliphatic carbocycles. The molecule has 3 nitrogen and oxygen atoms in total. The molecule has 0 bridgehead atoms. The van der Waals surface area contributed by atoms with E-state index in [1.807, 2.05) is 72.8 Å². The van der Waals surface area contributed by atoms with Crippen molar-refractivity contribution >= 4 is 11.8 Å². The molecule has 4 heteroatoms. The largest absolute Gasteiger partial charge is 0.208 e. The molecule has 0 unspecified atom stereocenters. The van der Waals surface area contributed by atoms with Crippen LogP contribution in [0.4, 0.5) is 0 Å². The minimum Gasteiger partial charge on any atom is -0.208 e. The van der Waals surface area contributed by atoms with Crippen LogP contribution in [-0.4, -0.2) is 21.2 Å². The van der Waals surface area contributed by atoms with Gasteiger partial charge < -0.3 is 0 Å². The number of aromatic nitrogens is 3. The van der Waals surface area contributed by atoms with E-state index in [2.05, 4.69) is 18.4 Å². The van der Waals surface area contributed by atoms with Crippen molar-refractivity contribution in [3.63, 3.8) is 0 Å². The summed E-state index contributed by atoms with van der Waals surface area (Å²) in [6.45, 7) is 0. The summed E-state index contributed by atoms with van der Waals surface area (Å²) in [4.78, 5) is 15.4. The Hall–Kier alpha value is -2.98. The van der Waals surface area contributed by atoms with Gasteiger partial charge in [-0.15, -0.1) is 11.8 Å². The van der Waals surface area contributed by atoms with Crippen LogP contribution < -0.4 is 0 Å².